The van der Waals surface area contributed by atoms with Crippen LogP contribution in [0.3, 0.4) is 0 Å². The molecule has 2 aliphatic heterocycles. The van der Waals surface area contributed by atoms with Crippen molar-refractivity contribution in [1.29, 1.82) is 0 Å². The van der Waals surface area contributed by atoms with Gasteiger partial charge >= 0.3 is 125 Å². The predicted octanol–water partition coefficient (Wildman–Crippen LogP) is 2.01. The monoisotopic (exact) mass is 368 g/mol. The maximum absolute atomic E-state index is 11.8. The maximum atomic E-state index is 11.8. The number of rotatable bonds is 4. The Morgan fingerprint density at radius 1 is 0.842 bits per heavy atom. The van der Waals surface area contributed by atoms with Crippen LogP contribution in [0, 0.1) is 0 Å². The van der Waals surface area contributed by atoms with E-state index in [1.54, 1.807) is 9.80 Å². The average Bonchev–Trinajstić information content (AvgIpc) is 2.35. The third-order valence-electron chi connectivity index (χ3n) is 3.69. The molecule has 0 N–H and O–H groups in total. The number of piperidine rings is 2. The molecule has 7 heteroatoms. The molecule has 0 radical (unpaired) electrons. The Kier molecular flexibility index (Phi) is 5.43. The SMILES string of the molecule is O=C1CCCCN1[CH2][Ge]([Cl])([Cl])[CH2]N1CCCCC1=O. The standard InChI is InChI=1S/C12H20Cl2GeN2O2/c13-15(14,9-16-7-3-1-5-11(16)18)10-17-8-4-2-6-12(17)19/h1-10H2. The van der Waals surface area contributed by atoms with Crippen molar-refractivity contribution in [2.24, 2.45) is 0 Å². The summed E-state index contributed by atoms with van der Waals surface area (Å²) in [4.78, 5) is 27.2. The molecule has 0 unspecified atom stereocenters. The zero-order valence-corrected chi connectivity index (χ0v) is 14.6. The van der Waals surface area contributed by atoms with E-state index in [0.717, 1.165) is 38.8 Å². The van der Waals surface area contributed by atoms with Crippen molar-refractivity contribution in [3.63, 3.8) is 0 Å². The third kappa shape index (κ3) is 4.53. The summed E-state index contributed by atoms with van der Waals surface area (Å²) in [6, 6.07) is 0. The fraction of sp³-hybridized carbons (Fsp3) is 0.833. The number of carbonyl (C=O) groups is 2. The molecule has 0 bridgehead atoms. The van der Waals surface area contributed by atoms with Gasteiger partial charge in [-0.2, -0.15) is 0 Å². The molecule has 0 aromatic rings. The van der Waals surface area contributed by atoms with Crippen LogP contribution in [0.15, 0.2) is 0 Å². The van der Waals surface area contributed by atoms with Crippen LogP contribution in [0.5, 0.6) is 0 Å². The van der Waals surface area contributed by atoms with Crippen molar-refractivity contribution in [2.75, 3.05) is 23.8 Å². The van der Waals surface area contributed by atoms with Crippen LogP contribution >= 0.6 is 20.0 Å². The summed E-state index contributed by atoms with van der Waals surface area (Å²) in [6.45, 7) is 1.53. The van der Waals surface area contributed by atoms with E-state index >= 15 is 0 Å². The third-order valence-corrected chi connectivity index (χ3v) is 9.71. The first kappa shape index (κ1) is 15.5. The van der Waals surface area contributed by atoms with Crippen LogP contribution in [-0.4, -0.2) is 56.9 Å². The summed E-state index contributed by atoms with van der Waals surface area (Å²) in [6.07, 6.45) is 5.19. The van der Waals surface area contributed by atoms with E-state index in [4.69, 9.17) is 20.0 Å². The van der Waals surface area contributed by atoms with Gasteiger partial charge in [-0.25, -0.2) is 0 Å². The minimum absolute atomic E-state index is 0.160. The summed E-state index contributed by atoms with van der Waals surface area (Å²) >= 11 is -3.15. The molecule has 0 aromatic heterocycles. The molecule has 0 aliphatic carbocycles. The molecule has 2 saturated heterocycles. The van der Waals surface area contributed by atoms with E-state index in [0.29, 0.717) is 23.6 Å². The van der Waals surface area contributed by atoms with Crippen LogP contribution < -0.4 is 0 Å². The van der Waals surface area contributed by atoms with Gasteiger partial charge in [-0.3, -0.25) is 0 Å². The Hall–Kier alpha value is 0.0629. The minimum atomic E-state index is -3.15. The Labute approximate surface area is 125 Å². The molecule has 2 heterocycles. The van der Waals surface area contributed by atoms with Crippen molar-refractivity contribution >= 4 is 43.2 Å². The summed E-state index contributed by atoms with van der Waals surface area (Å²) < 4.78 is 0. The molecule has 2 fully saturated rings. The van der Waals surface area contributed by atoms with Gasteiger partial charge < -0.3 is 0 Å². The van der Waals surface area contributed by atoms with Gasteiger partial charge in [0.15, 0.2) is 0 Å². The van der Waals surface area contributed by atoms with E-state index in [2.05, 4.69) is 0 Å². The van der Waals surface area contributed by atoms with Crippen molar-refractivity contribution < 1.29 is 9.59 Å². The molecule has 2 aliphatic rings. The van der Waals surface area contributed by atoms with E-state index < -0.39 is 11.4 Å². The van der Waals surface area contributed by atoms with Crippen molar-refractivity contribution in [1.82, 2.24) is 9.80 Å². The first-order valence-corrected chi connectivity index (χ1v) is 15.4. The van der Waals surface area contributed by atoms with Crippen molar-refractivity contribution in [3.05, 3.63) is 0 Å². The number of carbonyl (C=O) groups excluding carboxylic acids is 2. The van der Waals surface area contributed by atoms with Gasteiger partial charge in [-0.15, -0.1) is 0 Å². The molecule has 0 atom stereocenters. The number of hydrogen-bond donors (Lipinski definition) is 0. The number of likely N-dealkylation sites (tertiary alicyclic amines) is 2. The molecule has 0 saturated carbocycles. The van der Waals surface area contributed by atoms with Gasteiger partial charge in [0.1, 0.15) is 0 Å². The van der Waals surface area contributed by atoms with Gasteiger partial charge in [0, 0.05) is 0 Å². The van der Waals surface area contributed by atoms with Crippen LogP contribution in [0.1, 0.15) is 38.5 Å². The summed E-state index contributed by atoms with van der Waals surface area (Å²) in [5.74, 6) is 0.319. The summed E-state index contributed by atoms with van der Waals surface area (Å²) in [7, 11) is 13.0. The van der Waals surface area contributed by atoms with Gasteiger partial charge in [0.25, 0.3) is 0 Å². The molecule has 0 spiro atoms. The summed E-state index contributed by atoms with van der Waals surface area (Å²) in [5.41, 5.74) is 0. The van der Waals surface area contributed by atoms with E-state index in [-0.39, 0.29) is 11.8 Å². The van der Waals surface area contributed by atoms with E-state index in [9.17, 15) is 9.59 Å². The first-order chi connectivity index (χ1) is 8.98. The van der Waals surface area contributed by atoms with Crippen LogP contribution in [0.4, 0.5) is 0 Å². The molecule has 2 rings (SSSR count). The van der Waals surface area contributed by atoms with Gasteiger partial charge in [-0.05, 0) is 0 Å². The Bertz CT molecular complexity index is 334. The number of amides is 2. The second-order valence-corrected chi connectivity index (χ2v) is 18.8. The Morgan fingerprint density at radius 3 is 1.63 bits per heavy atom. The molecule has 19 heavy (non-hydrogen) atoms. The van der Waals surface area contributed by atoms with Crippen LogP contribution in [0.25, 0.3) is 0 Å². The van der Waals surface area contributed by atoms with Crippen LogP contribution in [0.2, 0.25) is 0 Å². The second-order valence-electron chi connectivity index (χ2n) is 5.40. The summed E-state index contributed by atoms with van der Waals surface area (Å²) in [5, 5.41) is 0.984. The Morgan fingerprint density at radius 2 is 1.26 bits per heavy atom. The molecular weight excluding hydrogens is 348 g/mol. The number of hydrogen-bond acceptors (Lipinski definition) is 2. The zero-order chi connectivity index (χ0) is 13.9. The second kappa shape index (κ2) is 6.68. The molecule has 0 aromatic carbocycles. The fourth-order valence-corrected chi connectivity index (χ4v) is 9.62. The predicted molar refractivity (Wildman–Crippen MR) is 78.3 cm³/mol. The average molecular weight is 368 g/mol. The molecule has 4 nitrogen and oxygen atoms in total. The topological polar surface area (TPSA) is 40.6 Å². The number of halogens is 2. The van der Waals surface area contributed by atoms with E-state index in [1.165, 1.54) is 0 Å². The zero-order valence-electron chi connectivity index (χ0n) is 11.0. The van der Waals surface area contributed by atoms with Gasteiger partial charge in [0.05, 0.1) is 0 Å². The molecule has 2 amide bonds. The van der Waals surface area contributed by atoms with E-state index in [1.807, 2.05) is 0 Å². The molecule has 108 valence electrons. The first-order valence-electron chi connectivity index (χ1n) is 6.91. The normalized spacial score (nSPS) is 22.0. The number of nitrogens with zero attached hydrogens (tertiary/aromatic N) is 2. The molecular formula is C12H20Cl2GeN2O2. The fourth-order valence-electron chi connectivity index (χ4n) is 2.67. The Balaban J connectivity index is 1.89. The van der Waals surface area contributed by atoms with Gasteiger partial charge in [-0.1, -0.05) is 0 Å². The van der Waals surface area contributed by atoms with Crippen LogP contribution in [-0.2, 0) is 9.59 Å². The van der Waals surface area contributed by atoms with Crippen molar-refractivity contribution in [2.45, 2.75) is 38.5 Å². The van der Waals surface area contributed by atoms with Crippen molar-refractivity contribution in [3.8, 4) is 0 Å². The van der Waals surface area contributed by atoms with Gasteiger partial charge in [0.2, 0.25) is 0 Å². The quantitative estimate of drug-likeness (QED) is 0.713.